The third-order valence-electron chi connectivity index (χ3n) is 6.44. The number of hydrogen-bond donors (Lipinski definition) is 0. The van der Waals surface area contributed by atoms with Crippen LogP contribution in [0.15, 0.2) is 48.5 Å². The van der Waals surface area contributed by atoms with E-state index >= 15 is 4.39 Å². The molecule has 34 heavy (non-hydrogen) atoms. The quantitative estimate of drug-likeness (QED) is 0.342. The molecule has 0 fully saturated rings. The van der Waals surface area contributed by atoms with Crippen LogP contribution in [0.5, 0.6) is 0 Å². The highest BCUT2D eigenvalue weighted by molar-refractivity contribution is 5.36. The summed E-state index contributed by atoms with van der Waals surface area (Å²) in [7, 11) is 0. The van der Waals surface area contributed by atoms with Crippen LogP contribution in [0, 0.1) is 0 Å². The van der Waals surface area contributed by atoms with E-state index in [1.54, 1.807) is 24.3 Å². The topological polar surface area (TPSA) is 0 Å². The second-order valence-corrected chi connectivity index (χ2v) is 11.2. The number of halogens is 6. The van der Waals surface area contributed by atoms with Crippen molar-refractivity contribution in [1.29, 1.82) is 0 Å². The van der Waals surface area contributed by atoms with E-state index in [1.807, 2.05) is 60.6 Å². The average Bonchev–Trinajstić information content (AvgIpc) is 2.71. The molecule has 0 bridgehead atoms. The molecule has 0 radical (unpaired) electrons. The molecule has 0 aliphatic rings. The van der Waals surface area contributed by atoms with E-state index in [4.69, 9.17) is 0 Å². The molecule has 0 aliphatic carbocycles. The first kappa shape index (κ1) is 28.3. The summed E-state index contributed by atoms with van der Waals surface area (Å²) in [5.74, 6) is -7.98. The van der Waals surface area contributed by atoms with Crippen LogP contribution in [0.2, 0.25) is 0 Å². The number of hydrogen-bond acceptors (Lipinski definition) is 0. The molecule has 0 N–H and O–H groups in total. The molecule has 3 atom stereocenters. The van der Waals surface area contributed by atoms with Gasteiger partial charge in [-0.1, -0.05) is 103 Å². The Morgan fingerprint density at radius 3 is 1.35 bits per heavy atom. The fraction of sp³-hybridized carbons (Fsp3) is 0.571. The molecule has 0 spiro atoms. The van der Waals surface area contributed by atoms with Crippen LogP contribution in [-0.2, 0) is 10.8 Å². The second kappa shape index (κ2) is 9.94. The molecule has 190 valence electrons. The third kappa shape index (κ3) is 6.17. The van der Waals surface area contributed by atoms with Gasteiger partial charge in [0.2, 0.25) is 0 Å². The Kier molecular flexibility index (Phi) is 8.27. The van der Waals surface area contributed by atoms with E-state index in [2.05, 4.69) is 0 Å². The van der Waals surface area contributed by atoms with Gasteiger partial charge in [-0.25, -0.2) is 4.39 Å². The summed E-state index contributed by atoms with van der Waals surface area (Å²) in [5.41, 5.74) is 2.17. The van der Waals surface area contributed by atoms with Crippen LogP contribution in [0.25, 0.3) is 0 Å². The van der Waals surface area contributed by atoms with Gasteiger partial charge in [-0.3, -0.25) is 0 Å². The zero-order chi connectivity index (χ0) is 26.1. The zero-order valence-electron chi connectivity index (χ0n) is 21.0. The maximum absolute atomic E-state index is 15.4. The molecular weight excluding hydrogens is 450 g/mol. The average molecular weight is 487 g/mol. The van der Waals surface area contributed by atoms with E-state index in [-0.39, 0.29) is 22.8 Å². The van der Waals surface area contributed by atoms with Gasteiger partial charge in [0.05, 0.1) is 0 Å². The maximum Gasteiger partial charge on any atom is 0.456 e. The molecule has 0 aromatic heterocycles. The van der Waals surface area contributed by atoms with Gasteiger partial charge in [-0.05, 0) is 45.4 Å². The van der Waals surface area contributed by atoms with Gasteiger partial charge >= 0.3 is 12.1 Å². The molecule has 6 heteroatoms. The fourth-order valence-corrected chi connectivity index (χ4v) is 4.29. The molecule has 2 aromatic carbocycles. The van der Waals surface area contributed by atoms with E-state index in [0.717, 1.165) is 11.1 Å². The molecule has 3 unspecified atom stereocenters. The van der Waals surface area contributed by atoms with Crippen molar-refractivity contribution in [2.45, 2.75) is 102 Å². The predicted octanol–water partition coefficient (Wildman–Crippen LogP) is 9.48. The van der Waals surface area contributed by atoms with Gasteiger partial charge in [0.1, 0.15) is 0 Å². The minimum atomic E-state index is -5.98. The number of benzene rings is 2. The largest absolute Gasteiger partial charge is 0.456 e. The minimum Gasteiger partial charge on any atom is -0.240 e. The first-order chi connectivity index (χ1) is 15.4. The van der Waals surface area contributed by atoms with Crippen LogP contribution < -0.4 is 0 Å². The summed E-state index contributed by atoms with van der Waals surface area (Å²) in [6, 6.07) is 13.5. The van der Waals surface area contributed by atoms with E-state index in [0.29, 0.717) is 12.0 Å². The molecular formula is C28H36F6. The Labute approximate surface area is 199 Å². The van der Waals surface area contributed by atoms with Gasteiger partial charge in [-0.2, -0.15) is 22.0 Å². The maximum atomic E-state index is 15.4. The Morgan fingerprint density at radius 2 is 1.03 bits per heavy atom. The lowest BCUT2D eigenvalue weighted by Gasteiger charge is -2.35. The van der Waals surface area contributed by atoms with E-state index in [9.17, 15) is 22.0 Å². The smallest absolute Gasteiger partial charge is 0.240 e. The molecule has 0 saturated heterocycles. The molecule has 2 aromatic rings. The summed E-state index contributed by atoms with van der Waals surface area (Å²) < 4.78 is 83.8. The van der Waals surface area contributed by atoms with Crippen molar-refractivity contribution < 1.29 is 26.3 Å². The standard InChI is InChI=1S/C28H36F6/c1-8-9-22(18-10-14-20(15-11-18)25(2,3)4)23(24(29)27(30,31)28(32,33)34)19-12-16-21(17-13-19)26(5,6)7/h10-17,22-24H,8-9H2,1-7H3. The number of alkyl halides is 6. The van der Waals surface area contributed by atoms with Crippen LogP contribution in [0.1, 0.15) is 95.4 Å². The third-order valence-corrected chi connectivity index (χ3v) is 6.44. The Morgan fingerprint density at radius 1 is 0.647 bits per heavy atom. The van der Waals surface area contributed by atoms with Crippen molar-refractivity contribution in [3.63, 3.8) is 0 Å². The van der Waals surface area contributed by atoms with Crippen LogP contribution in [0.4, 0.5) is 26.3 Å². The van der Waals surface area contributed by atoms with Crippen molar-refractivity contribution in [3.8, 4) is 0 Å². The summed E-state index contributed by atoms with van der Waals surface area (Å²) >= 11 is 0. The lowest BCUT2D eigenvalue weighted by molar-refractivity contribution is -0.306. The van der Waals surface area contributed by atoms with Crippen molar-refractivity contribution >= 4 is 0 Å². The van der Waals surface area contributed by atoms with Crippen LogP contribution in [-0.4, -0.2) is 18.3 Å². The molecule has 0 nitrogen and oxygen atoms in total. The van der Waals surface area contributed by atoms with Gasteiger partial charge in [0.15, 0.2) is 6.17 Å². The Bertz CT molecular complexity index is 912. The first-order valence-electron chi connectivity index (χ1n) is 11.7. The van der Waals surface area contributed by atoms with Crippen molar-refractivity contribution in [2.75, 3.05) is 0 Å². The van der Waals surface area contributed by atoms with Crippen molar-refractivity contribution in [3.05, 3.63) is 70.8 Å². The fourth-order valence-electron chi connectivity index (χ4n) is 4.29. The lowest BCUT2D eigenvalue weighted by Crippen LogP contribution is -2.48. The number of rotatable bonds is 7. The van der Waals surface area contributed by atoms with Gasteiger partial charge in [0.25, 0.3) is 0 Å². The SMILES string of the molecule is CCCC(c1ccc(C(C)(C)C)cc1)C(c1ccc(C(C)(C)C)cc1)C(F)C(F)(F)C(F)(F)F. The highest BCUT2D eigenvalue weighted by Gasteiger charge is 2.65. The summed E-state index contributed by atoms with van der Waals surface area (Å²) in [5, 5.41) is 0. The first-order valence-corrected chi connectivity index (χ1v) is 11.7. The molecule has 0 aliphatic heterocycles. The van der Waals surface area contributed by atoms with Crippen LogP contribution >= 0.6 is 0 Å². The van der Waals surface area contributed by atoms with Gasteiger partial charge < -0.3 is 0 Å². The monoisotopic (exact) mass is 486 g/mol. The lowest BCUT2D eigenvalue weighted by atomic mass is 9.73. The Balaban J connectivity index is 2.66. The molecule has 0 heterocycles. The summed E-state index contributed by atoms with van der Waals surface area (Å²) in [6.45, 7) is 13.8. The normalized spacial score (nSPS) is 16.3. The molecule has 0 amide bonds. The summed E-state index contributed by atoms with van der Waals surface area (Å²) in [4.78, 5) is 0. The van der Waals surface area contributed by atoms with Gasteiger partial charge in [-0.15, -0.1) is 0 Å². The van der Waals surface area contributed by atoms with Crippen LogP contribution in [0.3, 0.4) is 0 Å². The van der Waals surface area contributed by atoms with E-state index < -0.39 is 30.1 Å². The van der Waals surface area contributed by atoms with Crippen molar-refractivity contribution in [2.24, 2.45) is 0 Å². The summed E-state index contributed by atoms with van der Waals surface area (Å²) in [6.07, 6.45) is -8.63. The van der Waals surface area contributed by atoms with Crippen molar-refractivity contribution in [1.82, 2.24) is 0 Å². The minimum absolute atomic E-state index is 0.141. The zero-order valence-corrected chi connectivity index (χ0v) is 21.0. The highest BCUT2D eigenvalue weighted by Crippen LogP contribution is 2.50. The Hall–Kier alpha value is -1.98. The molecule has 2 rings (SSSR count). The van der Waals surface area contributed by atoms with E-state index in [1.165, 1.54) is 12.1 Å². The predicted molar refractivity (Wildman–Crippen MR) is 127 cm³/mol. The van der Waals surface area contributed by atoms with Gasteiger partial charge in [0, 0.05) is 5.92 Å². The molecule has 0 saturated carbocycles. The highest BCUT2D eigenvalue weighted by atomic mass is 19.4. The second-order valence-electron chi connectivity index (χ2n) is 11.2.